The smallest absolute Gasteiger partial charge is 0.256 e. The van der Waals surface area contributed by atoms with Crippen molar-refractivity contribution in [1.29, 1.82) is 0 Å². The van der Waals surface area contributed by atoms with Gasteiger partial charge in [0.2, 0.25) is 5.91 Å². The van der Waals surface area contributed by atoms with Crippen LogP contribution in [0.25, 0.3) is 0 Å². The highest BCUT2D eigenvalue weighted by Gasteiger charge is 2.46. The van der Waals surface area contributed by atoms with Gasteiger partial charge in [0, 0.05) is 0 Å². The van der Waals surface area contributed by atoms with Crippen LogP contribution in [-0.4, -0.2) is 56.2 Å². The van der Waals surface area contributed by atoms with Gasteiger partial charge in [-0.3, -0.25) is 9.59 Å². The van der Waals surface area contributed by atoms with Crippen LogP contribution in [0, 0.1) is 0 Å². The van der Waals surface area contributed by atoms with Crippen LogP contribution < -0.4 is 11.5 Å². The van der Waals surface area contributed by atoms with E-state index in [1.807, 2.05) is 0 Å². The molecule has 0 saturated heterocycles. The fourth-order valence-corrected chi connectivity index (χ4v) is 2.23. The third kappa shape index (κ3) is 6.96. The minimum absolute atomic E-state index is 0.545. The van der Waals surface area contributed by atoms with Crippen molar-refractivity contribution >= 4 is 11.8 Å². The van der Waals surface area contributed by atoms with Crippen LogP contribution in [0.3, 0.4) is 0 Å². The summed E-state index contributed by atoms with van der Waals surface area (Å²) in [5.41, 5.74) is 7.27. The van der Waals surface area contributed by atoms with Crippen molar-refractivity contribution in [2.45, 2.75) is 75.8 Å². The van der Waals surface area contributed by atoms with Gasteiger partial charge in [-0.1, -0.05) is 45.1 Å². The number of aliphatic hydroxyl groups is 4. The Hall–Kier alpha value is -1.48. The zero-order valence-corrected chi connectivity index (χ0v) is 14.1. The largest absolute Gasteiger partial charge is 0.387 e. The van der Waals surface area contributed by atoms with E-state index in [4.69, 9.17) is 11.5 Å². The maximum atomic E-state index is 11.4. The number of hydrogen-bond acceptors (Lipinski definition) is 6. The summed E-state index contributed by atoms with van der Waals surface area (Å²) in [4.78, 5) is 22.3. The fourth-order valence-electron chi connectivity index (χ4n) is 2.23. The molecule has 0 aromatic carbocycles. The number of aliphatic hydroxyl groups excluding tert-OH is 3. The molecule has 8 nitrogen and oxygen atoms in total. The van der Waals surface area contributed by atoms with Crippen LogP contribution in [0.5, 0.6) is 0 Å². The van der Waals surface area contributed by atoms with Gasteiger partial charge >= 0.3 is 0 Å². The van der Waals surface area contributed by atoms with Crippen molar-refractivity contribution in [1.82, 2.24) is 0 Å². The second kappa shape index (κ2) is 11.1. The average molecular weight is 346 g/mol. The Labute approximate surface area is 142 Å². The standard InChI is InChI=1S/C16H30N2O6/c1-2-3-4-5-6-7-8-9-10-16(24,15(18)23)13(21)11(19)12(20)14(17)22/h9-13,19-21,24H,2-8H2,1H3,(H2,17,22)(H2,18,23)/b10-9+. The lowest BCUT2D eigenvalue weighted by molar-refractivity contribution is -0.164. The molecule has 4 atom stereocenters. The number of primary amides is 2. The van der Waals surface area contributed by atoms with Gasteiger partial charge in [-0.15, -0.1) is 0 Å². The molecule has 24 heavy (non-hydrogen) atoms. The van der Waals surface area contributed by atoms with Gasteiger partial charge in [-0.05, 0) is 18.9 Å². The summed E-state index contributed by atoms with van der Waals surface area (Å²) in [6.07, 6.45) is 2.91. The summed E-state index contributed by atoms with van der Waals surface area (Å²) in [6, 6.07) is 0. The number of allylic oxidation sites excluding steroid dienone is 1. The van der Waals surface area contributed by atoms with E-state index in [0.29, 0.717) is 6.42 Å². The highest BCUT2D eigenvalue weighted by molar-refractivity contribution is 5.87. The lowest BCUT2D eigenvalue weighted by Gasteiger charge is -2.31. The lowest BCUT2D eigenvalue weighted by atomic mass is 9.88. The first-order chi connectivity index (χ1) is 11.2. The van der Waals surface area contributed by atoms with Gasteiger partial charge in [0.1, 0.15) is 12.2 Å². The first-order valence-electron chi connectivity index (χ1n) is 8.22. The molecule has 0 aromatic heterocycles. The molecule has 0 heterocycles. The predicted molar refractivity (Wildman–Crippen MR) is 88.5 cm³/mol. The molecule has 8 heteroatoms. The molecule has 140 valence electrons. The molecule has 0 aliphatic heterocycles. The number of unbranched alkanes of at least 4 members (excludes halogenated alkanes) is 6. The van der Waals surface area contributed by atoms with E-state index in [0.717, 1.165) is 38.2 Å². The van der Waals surface area contributed by atoms with E-state index in [1.165, 1.54) is 12.5 Å². The molecule has 4 unspecified atom stereocenters. The average Bonchev–Trinajstić information content (AvgIpc) is 2.54. The van der Waals surface area contributed by atoms with Gasteiger partial charge in [-0.25, -0.2) is 0 Å². The molecule has 0 fully saturated rings. The number of nitrogens with two attached hydrogens (primary N) is 2. The van der Waals surface area contributed by atoms with Gasteiger partial charge in [-0.2, -0.15) is 0 Å². The highest BCUT2D eigenvalue weighted by Crippen LogP contribution is 2.19. The predicted octanol–water partition coefficient (Wildman–Crippen LogP) is -0.922. The van der Waals surface area contributed by atoms with E-state index in [-0.39, 0.29) is 0 Å². The van der Waals surface area contributed by atoms with Crippen LogP contribution in [-0.2, 0) is 9.59 Å². The topological polar surface area (TPSA) is 167 Å². The SMILES string of the molecule is CCCCCCCC/C=C/C(O)(C(N)=O)C(O)C(O)C(O)C(N)=O. The molecule has 2 amide bonds. The molecule has 0 aliphatic rings. The van der Waals surface area contributed by atoms with Crippen LogP contribution in [0.4, 0.5) is 0 Å². The normalized spacial score (nSPS) is 18.0. The summed E-state index contributed by atoms with van der Waals surface area (Å²) < 4.78 is 0. The third-order valence-corrected chi connectivity index (χ3v) is 3.88. The molecular formula is C16H30N2O6. The molecule has 0 rings (SSSR count). The van der Waals surface area contributed by atoms with E-state index < -0.39 is 35.7 Å². The minimum atomic E-state index is -2.61. The fraction of sp³-hybridized carbons (Fsp3) is 0.750. The van der Waals surface area contributed by atoms with E-state index in [9.17, 15) is 30.0 Å². The summed E-state index contributed by atoms with van der Waals surface area (Å²) in [5.74, 6) is -2.62. The van der Waals surface area contributed by atoms with Gasteiger partial charge in [0.15, 0.2) is 11.7 Å². The van der Waals surface area contributed by atoms with Gasteiger partial charge in [0.25, 0.3) is 5.91 Å². The Morgan fingerprint density at radius 3 is 2.08 bits per heavy atom. The Kier molecular flexibility index (Phi) is 10.5. The Morgan fingerprint density at radius 1 is 1.04 bits per heavy atom. The van der Waals surface area contributed by atoms with Crippen LogP contribution in [0.2, 0.25) is 0 Å². The third-order valence-electron chi connectivity index (χ3n) is 3.88. The number of carbonyl (C=O) groups excluding carboxylic acids is 2. The number of amides is 2. The Balaban J connectivity index is 4.67. The van der Waals surface area contributed by atoms with E-state index in [1.54, 1.807) is 0 Å². The summed E-state index contributed by atoms with van der Waals surface area (Å²) >= 11 is 0. The van der Waals surface area contributed by atoms with Crippen molar-refractivity contribution in [3.05, 3.63) is 12.2 Å². The highest BCUT2D eigenvalue weighted by atomic mass is 16.4. The van der Waals surface area contributed by atoms with Crippen molar-refractivity contribution in [3.8, 4) is 0 Å². The van der Waals surface area contributed by atoms with Crippen molar-refractivity contribution in [2.75, 3.05) is 0 Å². The molecule has 8 N–H and O–H groups in total. The number of hydrogen-bond donors (Lipinski definition) is 6. The van der Waals surface area contributed by atoms with E-state index in [2.05, 4.69) is 6.92 Å². The van der Waals surface area contributed by atoms with Crippen molar-refractivity contribution in [3.63, 3.8) is 0 Å². The molecular weight excluding hydrogens is 316 g/mol. The molecule has 0 radical (unpaired) electrons. The monoisotopic (exact) mass is 346 g/mol. The molecule has 0 aromatic rings. The summed E-state index contributed by atoms with van der Waals surface area (Å²) in [6.45, 7) is 2.13. The minimum Gasteiger partial charge on any atom is -0.387 e. The van der Waals surface area contributed by atoms with Crippen LogP contribution in [0.15, 0.2) is 12.2 Å². The van der Waals surface area contributed by atoms with Crippen LogP contribution in [0.1, 0.15) is 51.9 Å². The Bertz CT molecular complexity index is 429. The van der Waals surface area contributed by atoms with Gasteiger partial charge < -0.3 is 31.9 Å². The zero-order valence-electron chi connectivity index (χ0n) is 14.1. The maximum absolute atomic E-state index is 11.4. The van der Waals surface area contributed by atoms with Crippen molar-refractivity contribution < 1.29 is 30.0 Å². The molecule has 0 saturated carbocycles. The molecule has 0 spiro atoms. The van der Waals surface area contributed by atoms with Crippen molar-refractivity contribution in [2.24, 2.45) is 11.5 Å². The van der Waals surface area contributed by atoms with E-state index >= 15 is 0 Å². The van der Waals surface area contributed by atoms with Crippen LogP contribution >= 0.6 is 0 Å². The lowest BCUT2D eigenvalue weighted by Crippen LogP contribution is -2.60. The molecule has 0 bridgehead atoms. The summed E-state index contributed by atoms with van der Waals surface area (Å²) in [7, 11) is 0. The number of rotatable bonds is 13. The second-order valence-electron chi connectivity index (χ2n) is 5.93. The first-order valence-corrected chi connectivity index (χ1v) is 8.22. The quantitative estimate of drug-likeness (QED) is 0.186. The number of carbonyl (C=O) groups is 2. The van der Waals surface area contributed by atoms with Gasteiger partial charge in [0.05, 0.1) is 0 Å². The Morgan fingerprint density at radius 2 is 1.58 bits per heavy atom. The molecule has 0 aliphatic carbocycles. The maximum Gasteiger partial charge on any atom is 0.256 e. The zero-order chi connectivity index (χ0) is 18.8. The second-order valence-corrected chi connectivity index (χ2v) is 5.93. The summed E-state index contributed by atoms with van der Waals surface area (Å²) in [5, 5.41) is 39.1. The first kappa shape index (κ1) is 22.5.